The third-order valence-corrected chi connectivity index (χ3v) is 3.15. The van der Waals surface area contributed by atoms with Crippen LogP contribution in [0.4, 0.5) is 0 Å². The van der Waals surface area contributed by atoms with Crippen molar-refractivity contribution >= 4 is 6.29 Å². The van der Waals surface area contributed by atoms with Gasteiger partial charge in [0.25, 0.3) is 0 Å². The van der Waals surface area contributed by atoms with Crippen molar-refractivity contribution in [2.75, 3.05) is 0 Å². The van der Waals surface area contributed by atoms with E-state index in [0.717, 1.165) is 19.1 Å². The van der Waals surface area contributed by atoms with Gasteiger partial charge in [-0.3, -0.25) is 0 Å². The fourth-order valence-corrected chi connectivity index (χ4v) is 2.23. The summed E-state index contributed by atoms with van der Waals surface area (Å²) in [6.45, 7) is 4.32. The van der Waals surface area contributed by atoms with E-state index >= 15 is 0 Å². The van der Waals surface area contributed by atoms with Gasteiger partial charge in [0, 0.05) is 5.41 Å². The number of carbonyl (C=O) groups excluding carboxylic acids is 1. The van der Waals surface area contributed by atoms with Crippen LogP contribution in [0.3, 0.4) is 0 Å². The maximum absolute atomic E-state index is 11.2. The van der Waals surface area contributed by atoms with Crippen molar-refractivity contribution < 1.29 is 4.79 Å². The molecule has 0 aliphatic heterocycles. The summed E-state index contributed by atoms with van der Waals surface area (Å²) in [4.78, 5) is 11.2. The van der Waals surface area contributed by atoms with Crippen LogP contribution >= 0.6 is 0 Å². The molecule has 15 heavy (non-hydrogen) atoms. The molecule has 0 spiro atoms. The van der Waals surface area contributed by atoms with Crippen molar-refractivity contribution in [2.45, 2.75) is 52.4 Å². The molecular weight excluding hydrogens is 184 g/mol. The maximum Gasteiger partial charge on any atom is 0.130 e. The van der Waals surface area contributed by atoms with Crippen LogP contribution in [0.5, 0.6) is 0 Å². The zero-order valence-corrected chi connectivity index (χ0v) is 9.96. The van der Waals surface area contributed by atoms with Crippen LogP contribution in [0.2, 0.25) is 0 Å². The van der Waals surface area contributed by atoms with Crippen molar-refractivity contribution in [1.82, 2.24) is 0 Å². The summed E-state index contributed by atoms with van der Waals surface area (Å²) in [5, 5.41) is 0. The number of aldehydes is 1. The summed E-state index contributed by atoms with van der Waals surface area (Å²) < 4.78 is 0. The lowest BCUT2D eigenvalue weighted by Crippen LogP contribution is -2.22. The molecule has 1 aliphatic carbocycles. The molecule has 84 valence electrons. The highest BCUT2D eigenvalue weighted by Crippen LogP contribution is 2.34. The number of unbranched alkanes of at least 4 members (excludes halogenated alkanes) is 3. The van der Waals surface area contributed by atoms with Gasteiger partial charge in [-0.2, -0.15) is 0 Å². The van der Waals surface area contributed by atoms with E-state index in [-0.39, 0.29) is 5.41 Å². The van der Waals surface area contributed by atoms with Gasteiger partial charge in [0.05, 0.1) is 0 Å². The fourth-order valence-electron chi connectivity index (χ4n) is 2.23. The minimum atomic E-state index is -0.188. The average Bonchev–Trinajstić information content (AvgIpc) is 2.25. The van der Waals surface area contributed by atoms with Gasteiger partial charge in [0.2, 0.25) is 0 Å². The third kappa shape index (κ3) is 3.65. The molecule has 1 nitrogen and oxygen atoms in total. The summed E-state index contributed by atoms with van der Waals surface area (Å²) >= 11 is 0. The van der Waals surface area contributed by atoms with Crippen molar-refractivity contribution in [3.05, 3.63) is 23.8 Å². The molecule has 1 aliphatic rings. The second kappa shape index (κ2) is 5.89. The Hall–Kier alpha value is -0.850. The Morgan fingerprint density at radius 2 is 2.20 bits per heavy atom. The Morgan fingerprint density at radius 3 is 2.80 bits per heavy atom. The van der Waals surface area contributed by atoms with Crippen molar-refractivity contribution in [1.29, 1.82) is 0 Å². The first-order valence-electron chi connectivity index (χ1n) is 6.04. The first-order chi connectivity index (χ1) is 7.22. The molecule has 0 radical (unpaired) electrons. The molecular formula is C14H22O. The monoisotopic (exact) mass is 206 g/mol. The molecule has 0 aromatic rings. The van der Waals surface area contributed by atoms with E-state index in [2.05, 4.69) is 26.0 Å². The van der Waals surface area contributed by atoms with Crippen LogP contribution in [-0.2, 0) is 4.79 Å². The number of hydrogen-bond donors (Lipinski definition) is 0. The maximum atomic E-state index is 11.2. The largest absolute Gasteiger partial charge is 0.302 e. The first kappa shape index (κ1) is 12.2. The molecule has 0 fully saturated rings. The summed E-state index contributed by atoms with van der Waals surface area (Å²) in [5.41, 5.74) is 1.13. The van der Waals surface area contributed by atoms with Crippen LogP contribution in [0.1, 0.15) is 52.4 Å². The fraction of sp³-hybridized carbons (Fsp3) is 0.643. The molecule has 1 unspecified atom stereocenters. The third-order valence-electron chi connectivity index (χ3n) is 3.15. The van der Waals surface area contributed by atoms with Gasteiger partial charge in [0.15, 0.2) is 0 Å². The Kier molecular flexibility index (Phi) is 4.80. The molecule has 0 aromatic heterocycles. The lowest BCUT2D eigenvalue weighted by atomic mass is 9.76. The van der Waals surface area contributed by atoms with Crippen LogP contribution in [-0.4, -0.2) is 6.29 Å². The van der Waals surface area contributed by atoms with E-state index in [1.54, 1.807) is 0 Å². The van der Waals surface area contributed by atoms with Crippen LogP contribution < -0.4 is 0 Å². The van der Waals surface area contributed by atoms with Gasteiger partial charge in [-0.15, -0.1) is 0 Å². The zero-order chi connectivity index (χ0) is 11.1. The number of rotatable bonds is 6. The molecule has 1 heteroatoms. The van der Waals surface area contributed by atoms with Gasteiger partial charge in [0.1, 0.15) is 6.29 Å². The van der Waals surface area contributed by atoms with Gasteiger partial charge in [-0.05, 0) is 19.8 Å². The Labute approximate surface area is 93.3 Å². The number of carbonyl (C=O) groups is 1. The molecule has 1 atom stereocenters. The van der Waals surface area contributed by atoms with E-state index in [9.17, 15) is 4.79 Å². The number of hydrogen-bond acceptors (Lipinski definition) is 1. The quantitative estimate of drug-likeness (QED) is 0.473. The molecule has 0 amide bonds. The van der Waals surface area contributed by atoms with Crippen molar-refractivity contribution in [3.63, 3.8) is 0 Å². The van der Waals surface area contributed by atoms with Crippen LogP contribution in [0, 0.1) is 5.41 Å². The molecule has 1 rings (SSSR count). The van der Waals surface area contributed by atoms with Crippen LogP contribution in [0.25, 0.3) is 0 Å². The minimum Gasteiger partial charge on any atom is -0.302 e. The highest BCUT2D eigenvalue weighted by Gasteiger charge is 2.27. The second-order valence-corrected chi connectivity index (χ2v) is 4.71. The van der Waals surface area contributed by atoms with E-state index in [0.29, 0.717) is 0 Å². The SMILES string of the molecule is CCCCCCC1(C=O)C=CC=C(C)C1. The standard InChI is InChI=1S/C14H22O/c1-3-4-5-6-9-14(12-15)10-7-8-13(2)11-14/h7-8,10,12H,3-6,9,11H2,1-2H3. The van der Waals surface area contributed by atoms with Gasteiger partial charge in [-0.1, -0.05) is 56.4 Å². The lowest BCUT2D eigenvalue weighted by molar-refractivity contribution is -0.114. The Bertz CT molecular complexity index is 263. The number of allylic oxidation sites excluding steroid dienone is 4. The Balaban J connectivity index is 2.44. The van der Waals surface area contributed by atoms with E-state index < -0.39 is 0 Å². The molecule has 0 saturated carbocycles. The Morgan fingerprint density at radius 1 is 1.40 bits per heavy atom. The summed E-state index contributed by atoms with van der Waals surface area (Å²) in [6.07, 6.45) is 14.3. The molecule has 0 bridgehead atoms. The summed E-state index contributed by atoms with van der Waals surface area (Å²) in [7, 11) is 0. The van der Waals surface area contributed by atoms with Gasteiger partial charge >= 0.3 is 0 Å². The lowest BCUT2D eigenvalue weighted by Gasteiger charge is -2.27. The molecule has 0 aromatic carbocycles. The van der Waals surface area contributed by atoms with Crippen LogP contribution in [0.15, 0.2) is 23.8 Å². The highest BCUT2D eigenvalue weighted by molar-refractivity contribution is 5.64. The normalized spacial score (nSPS) is 25.1. The summed E-state index contributed by atoms with van der Waals surface area (Å²) in [6, 6.07) is 0. The predicted molar refractivity (Wildman–Crippen MR) is 64.8 cm³/mol. The first-order valence-corrected chi connectivity index (χ1v) is 6.04. The topological polar surface area (TPSA) is 17.1 Å². The molecule has 0 saturated heterocycles. The zero-order valence-electron chi connectivity index (χ0n) is 9.96. The predicted octanol–water partition coefficient (Wildman–Crippen LogP) is 4.05. The van der Waals surface area contributed by atoms with Gasteiger partial charge in [-0.25, -0.2) is 0 Å². The van der Waals surface area contributed by atoms with E-state index in [1.807, 2.05) is 6.08 Å². The molecule has 0 heterocycles. The molecule has 0 N–H and O–H groups in total. The van der Waals surface area contributed by atoms with E-state index in [4.69, 9.17) is 0 Å². The summed E-state index contributed by atoms with van der Waals surface area (Å²) in [5.74, 6) is 0. The van der Waals surface area contributed by atoms with Gasteiger partial charge < -0.3 is 4.79 Å². The highest BCUT2D eigenvalue weighted by atomic mass is 16.1. The smallest absolute Gasteiger partial charge is 0.130 e. The van der Waals surface area contributed by atoms with Crippen molar-refractivity contribution in [3.8, 4) is 0 Å². The average molecular weight is 206 g/mol. The second-order valence-electron chi connectivity index (χ2n) is 4.71. The van der Waals surface area contributed by atoms with Crippen molar-refractivity contribution in [2.24, 2.45) is 5.41 Å². The minimum absolute atomic E-state index is 0.188. The van der Waals surface area contributed by atoms with E-state index in [1.165, 1.54) is 31.3 Å².